The summed E-state index contributed by atoms with van der Waals surface area (Å²) in [6.45, 7) is 3.92. The summed E-state index contributed by atoms with van der Waals surface area (Å²) < 4.78 is 5.75. The lowest BCUT2D eigenvalue weighted by atomic mass is 9.82. The van der Waals surface area contributed by atoms with Crippen molar-refractivity contribution in [3.63, 3.8) is 0 Å². The highest BCUT2D eigenvalue weighted by Gasteiger charge is 2.22. The van der Waals surface area contributed by atoms with Gasteiger partial charge in [0, 0.05) is 5.92 Å². The van der Waals surface area contributed by atoms with Crippen LogP contribution in [0.2, 0.25) is 0 Å². The van der Waals surface area contributed by atoms with Gasteiger partial charge in [0.1, 0.15) is 17.3 Å². The number of Topliss-reactive ketones (excluding diaryl/α,β-unsaturated/α-hetero) is 1. The highest BCUT2D eigenvalue weighted by Crippen LogP contribution is 2.36. The molecule has 1 aliphatic rings. The van der Waals surface area contributed by atoms with Crippen LogP contribution in [0.4, 0.5) is 0 Å². The Labute approximate surface area is 97.0 Å². The van der Waals surface area contributed by atoms with Gasteiger partial charge in [-0.2, -0.15) is 0 Å². The van der Waals surface area contributed by atoms with E-state index in [1.165, 1.54) is 25.7 Å². The largest absolute Gasteiger partial charge is 0.465 e. The van der Waals surface area contributed by atoms with Crippen molar-refractivity contribution >= 4 is 5.78 Å². The van der Waals surface area contributed by atoms with Gasteiger partial charge in [0.25, 0.3) is 0 Å². The van der Waals surface area contributed by atoms with E-state index < -0.39 is 0 Å². The smallest absolute Gasteiger partial charge is 0.137 e. The van der Waals surface area contributed by atoms with Gasteiger partial charge in [0.2, 0.25) is 0 Å². The van der Waals surface area contributed by atoms with E-state index in [9.17, 15) is 4.79 Å². The first-order valence-electron chi connectivity index (χ1n) is 6.23. The lowest BCUT2D eigenvalue weighted by molar-refractivity contribution is -0.116. The number of carbonyl (C=O) groups excluding carboxylic acids is 1. The number of furan rings is 1. The zero-order valence-electron chi connectivity index (χ0n) is 10.2. The third-order valence-corrected chi connectivity index (χ3v) is 3.52. The Bertz CT molecular complexity index is 357. The molecule has 88 valence electrons. The summed E-state index contributed by atoms with van der Waals surface area (Å²) in [7, 11) is 0. The first kappa shape index (κ1) is 11.4. The lowest BCUT2D eigenvalue weighted by Crippen LogP contribution is -2.10. The maximum absolute atomic E-state index is 11.0. The fourth-order valence-electron chi connectivity index (χ4n) is 2.50. The SMILES string of the molecule is CC(=O)Cc1ccc(C2CCC(C)CC2)o1. The van der Waals surface area contributed by atoms with Crippen LogP contribution in [-0.4, -0.2) is 5.78 Å². The van der Waals surface area contributed by atoms with Gasteiger partial charge in [-0.05, 0) is 37.8 Å². The summed E-state index contributed by atoms with van der Waals surface area (Å²) in [5, 5.41) is 0. The van der Waals surface area contributed by atoms with Gasteiger partial charge >= 0.3 is 0 Å². The van der Waals surface area contributed by atoms with Crippen molar-refractivity contribution in [2.75, 3.05) is 0 Å². The first-order valence-corrected chi connectivity index (χ1v) is 6.23. The summed E-state index contributed by atoms with van der Waals surface area (Å²) >= 11 is 0. The molecule has 1 aromatic rings. The molecule has 1 aromatic heterocycles. The minimum atomic E-state index is 0.165. The molecule has 2 nitrogen and oxygen atoms in total. The van der Waals surface area contributed by atoms with Crippen molar-refractivity contribution in [1.82, 2.24) is 0 Å². The molecule has 2 rings (SSSR count). The number of hydrogen-bond donors (Lipinski definition) is 0. The highest BCUT2D eigenvalue weighted by atomic mass is 16.3. The third-order valence-electron chi connectivity index (χ3n) is 3.52. The number of ketones is 1. The second-order valence-electron chi connectivity index (χ2n) is 5.14. The number of rotatable bonds is 3. The topological polar surface area (TPSA) is 30.2 Å². The van der Waals surface area contributed by atoms with Crippen molar-refractivity contribution in [2.24, 2.45) is 5.92 Å². The van der Waals surface area contributed by atoms with Gasteiger partial charge in [-0.1, -0.05) is 19.8 Å². The number of hydrogen-bond acceptors (Lipinski definition) is 2. The molecule has 0 atom stereocenters. The average molecular weight is 220 g/mol. The summed E-state index contributed by atoms with van der Waals surface area (Å²) in [4.78, 5) is 11.0. The molecule has 1 saturated carbocycles. The van der Waals surface area contributed by atoms with Crippen LogP contribution in [0, 0.1) is 5.92 Å². The molecule has 2 heteroatoms. The Morgan fingerprint density at radius 3 is 2.62 bits per heavy atom. The van der Waals surface area contributed by atoms with Gasteiger partial charge < -0.3 is 4.42 Å². The Kier molecular flexibility index (Phi) is 3.47. The summed E-state index contributed by atoms with van der Waals surface area (Å²) in [6, 6.07) is 4.01. The molecule has 0 spiro atoms. The van der Waals surface area contributed by atoms with Crippen LogP contribution in [-0.2, 0) is 11.2 Å². The standard InChI is InChI=1S/C14H20O2/c1-10-3-5-12(6-4-10)14-8-7-13(16-14)9-11(2)15/h7-8,10,12H,3-6,9H2,1-2H3. The first-order chi connectivity index (χ1) is 7.65. The van der Waals surface area contributed by atoms with E-state index in [2.05, 4.69) is 13.0 Å². The van der Waals surface area contributed by atoms with Crippen molar-refractivity contribution in [1.29, 1.82) is 0 Å². The van der Waals surface area contributed by atoms with Gasteiger partial charge in [-0.15, -0.1) is 0 Å². The van der Waals surface area contributed by atoms with Crippen molar-refractivity contribution in [2.45, 2.75) is 51.9 Å². The summed E-state index contributed by atoms with van der Waals surface area (Å²) in [6.07, 6.45) is 5.49. The normalized spacial score (nSPS) is 25.6. The molecular weight excluding hydrogens is 200 g/mol. The molecule has 0 N–H and O–H groups in total. The molecule has 0 saturated heterocycles. The predicted octanol–water partition coefficient (Wildman–Crippen LogP) is 3.70. The minimum absolute atomic E-state index is 0.165. The molecular formula is C14H20O2. The van der Waals surface area contributed by atoms with E-state index >= 15 is 0 Å². The van der Waals surface area contributed by atoms with Crippen LogP contribution in [0.15, 0.2) is 16.5 Å². The second kappa shape index (κ2) is 4.86. The molecule has 0 aliphatic heterocycles. The Morgan fingerprint density at radius 2 is 2.00 bits per heavy atom. The molecule has 16 heavy (non-hydrogen) atoms. The van der Waals surface area contributed by atoms with Crippen LogP contribution >= 0.6 is 0 Å². The van der Waals surface area contributed by atoms with E-state index in [4.69, 9.17) is 4.42 Å². The van der Waals surface area contributed by atoms with Crippen LogP contribution in [0.1, 0.15) is 57.0 Å². The summed E-state index contributed by atoms with van der Waals surface area (Å²) in [5.74, 6) is 3.52. The zero-order valence-corrected chi connectivity index (χ0v) is 10.2. The Morgan fingerprint density at radius 1 is 1.31 bits per heavy atom. The summed E-state index contributed by atoms with van der Waals surface area (Å²) in [5.41, 5.74) is 0. The van der Waals surface area contributed by atoms with E-state index in [0.29, 0.717) is 12.3 Å². The van der Waals surface area contributed by atoms with E-state index in [0.717, 1.165) is 17.4 Å². The highest BCUT2D eigenvalue weighted by molar-refractivity contribution is 5.77. The maximum Gasteiger partial charge on any atom is 0.137 e. The Balaban J connectivity index is 1.99. The van der Waals surface area contributed by atoms with Crippen molar-refractivity contribution in [3.05, 3.63) is 23.7 Å². The minimum Gasteiger partial charge on any atom is -0.465 e. The molecule has 0 bridgehead atoms. The van der Waals surface area contributed by atoms with Crippen molar-refractivity contribution in [3.8, 4) is 0 Å². The molecule has 1 heterocycles. The van der Waals surface area contributed by atoms with Crippen LogP contribution in [0.3, 0.4) is 0 Å². The van der Waals surface area contributed by atoms with Gasteiger partial charge in [-0.3, -0.25) is 4.79 Å². The third kappa shape index (κ3) is 2.75. The predicted molar refractivity (Wildman–Crippen MR) is 63.5 cm³/mol. The van der Waals surface area contributed by atoms with Crippen LogP contribution in [0.25, 0.3) is 0 Å². The van der Waals surface area contributed by atoms with E-state index in [1.807, 2.05) is 6.07 Å². The molecule has 1 aliphatic carbocycles. The average Bonchev–Trinajstić information content (AvgIpc) is 2.66. The fourth-order valence-corrected chi connectivity index (χ4v) is 2.50. The fraction of sp³-hybridized carbons (Fsp3) is 0.643. The van der Waals surface area contributed by atoms with Crippen LogP contribution in [0.5, 0.6) is 0 Å². The van der Waals surface area contributed by atoms with Gasteiger partial charge in [0.05, 0.1) is 6.42 Å². The molecule has 0 radical (unpaired) electrons. The van der Waals surface area contributed by atoms with E-state index in [-0.39, 0.29) is 5.78 Å². The maximum atomic E-state index is 11.0. The lowest BCUT2D eigenvalue weighted by Gasteiger charge is -2.24. The molecule has 0 aromatic carbocycles. The molecule has 1 fully saturated rings. The van der Waals surface area contributed by atoms with Crippen molar-refractivity contribution < 1.29 is 9.21 Å². The van der Waals surface area contributed by atoms with E-state index in [1.54, 1.807) is 6.92 Å². The van der Waals surface area contributed by atoms with Gasteiger partial charge in [-0.25, -0.2) is 0 Å². The molecule has 0 unspecified atom stereocenters. The van der Waals surface area contributed by atoms with Gasteiger partial charge in [0.15, 0.2) is 0 Å². The van der Waals surface area contributed by atoms with Crippen LogP contribution < -0.4 is 0 Å². The monoisotopic (exact) mass is 220 g/mol. The molecule has 0 amide bonds. The number of carbonyl (C=O) groups is 1. The second-order valence-corrected chi connectivity index (χ2v) is 5.14. The quantitative estimate of drug-likeness (QED) is 0.777. The zero-order chi connectivity index (χ0) is 11.5. The Hall–Kier alpha value is -1.05.